The molecule has 2 aromatic rings. The van der Waals surface area contributed by atoms with Crippen LogP contribution in [0.5, 0.6) is 11.5 Å². The van der Waals surface area contributed by atoms with E-state index in [1.54, 1.807) is 30.5 Å². The molecule has 6 heteroatoms. The molecule has 1 amide bonds. The molecule has 0 atom stereocenters. The Morgan fingerprint density at radius 3 is 2.52 bits per heavy atom. The van der Waals surface area contributed by atoms with E-state index in [0.29, 0.717) is 16.3 Å². The summed E-state index contributed by atoms with van der Waals surface area (Å²) in [7, 11) is 1.50. The molecule has 2 rings (SSSR count). The summed E-state index contributed by atoms with van der Waals surface area (Å²) in [4.78, 5) is 15.7. The minimum absolute atomic E-state index is 0.105. The maximum atomic E-state index is 11.3. The van der Waals surface area contributed by atoms with Crippen LogP contribution in [-0.4, -0.2) is 24.5 Å². The van der Waals surface area contributed by atoms with Crippen molar-refractivity contribution in [1.29, 1.82) is 0 Å². The molecular formula is C17H17ClN2O3. The van der Waals surface area contributed by atoms with Crippen LogP contribution < -0.4 is 10.1 Å². The molecule has 0 saturated heterocycles. The highest BCUT2D eigenvalue weighted by Gasteiger charge is 2.08. The number of phenolic OH excluding ortho intramolecular Hbond substituents is 1. The summed E-state index contributed by atoms with van der Waals surface area (Å²) in [6.07, 6.45) is 1.03. The molecule has 0 bridgehead atoms. The molecule has 0 unspecified atom stereocenters. The predicted molar refractivity (Wildman–Crippen MR) is 91.4 cm³/mol. The number of aliphatic imine (C=N–C) groups is 1. The number of nitrogens with one attached hydrogen (secondary N) is 1. The minimum atomic E-state index is -0.524. The second-order valence-electron chi connectivity index (χ2n) is 5.01. The van der Waals surface area contributed by atoms with Gasteiger partial charge in [0.05, 0.1) is 5.69 Å². The van der Waals surface area contributed by atoms with Gasteiger partial charge in [-0.25, -0.2) is 4.79 Å². The molecule has 0 fully saturated rings. The first-order valence-electron chi connectivity index (χ1n) is 6.94. The van der Waals surface area contributed by atoms with E-state index in [9.17, 15) is 9.90 Å². The fourth-order valence-corrected chi connectivity index (χ4v) is 2.28. The first-order valence-corrected chi connectivity index (χ1v) is 7.32. The van der Waals surface area contributed by atoms with Crippen molar-refractivity contribution in [3.8, 4) is 11.5 Å². The fraction of sp³-hybridized carbons (Fsp3) is 0.176. The number of aryl methyl sites for hydroxylation is 2. The van der Waals surface area contributed by atoms with Crippen molar-refractivity contribution >= 4 is 29.6 Å². The van der Waals surface area contributed by atoms with Crippen LogP contribution in [0, 0.1) is 13.8 Å². The van der Waals surface area contributed by atoms with E-state index >= 15 is 0 Å². The van der Waals surface area contributed by atoms with Crippen LogP contribution in [0.1, 0.15) is 16.7 Å². The molecule has 23 heavy (non-hydrogen) atoms. The molecule has 5 nitrogen and oxygen atoms in total. The number of benzene rings is 2. The van der Waals surface area contributed by atoms with E-state index in [4.69, 9.17) is 16.3 Å². The third-order valence-electron chi connectivity index (χ3n) is 3.20. The molecule has 2 aromatic carbocycles. The van der Waals surface area contributed by atoms with Gasteiger partial charge in [-0.1, -0.05) is 11.6 Å². The Bertz CT molecular complexity index is 749. The van der Waals surface area contributed by atoms with Crippen molar-refractivity contribution in [2.24, 2.45) is 4.99 Å². The average Bonchev–Trinajstić information content (AvgIpc) is 2.49. The Balaban J connectivity index is 2.31. The quantitative estimate of drug-likeness (QED) is 0.830. The number of rotatable bonds is 3. The largest absolute Gasteiger partial charge is 0.507 e. The van der Waals surface area contributed by atoms with Gasteiger partial charge in [0, 0.05) is 23.8 Å². The van der Waals surface area contributed by atoms with Gasteiger partial charge < -0.3 is 15.2 Å². The van der Waals surface area contributed by atoms with Gasteiger partial charge in [0.15, 0.2) is 0 Å². The van der Waals surface area contributed by atoms with Crippen LogP contribution in [0.2, 0.25) is 5.02 Å². The normalized spacial score (nSPS) is 10.8. The summed E-state index contributed by atoms with van der Waals surface area (Å²) in [5.41, 5.74) is 2.97. The van der Waals surface area contributed by atoms with Crippen LogP contribution >= 0.6 is 11.6 Å². The summed E-state index contributed by atoms with van der Waals surface area (Å²) < 4.78 is 5.12. The van der Waals surface area contributed by atoms with Gasteiger partial charge >= 0.3 is 6.09 Å². The molecule has 0 saturated carbocycles. The van der Waals surface area contributed by atoms with Gasteiger partial charge in [-0.05, 0) is 55.3 Å². The molecule has 0 radical (unpaired) electrons. The second kappa shape index (κ2) is 7.15. The van der Waals surface area contributed by atoms with Gasteiger partial charge in [0.1, 0.15) is 11.5 Å². The lowest BCUT2D eigenvalue weighted by Gasteiger charge is -2.09. The number of nitrogens with zero attached hydrogens (tertiary/aromatic N) is 1. The molecule has 0 aliphatic rings. The maximum absolute atomic E-state index is 11.3. The van der Waals surface area contributed by atoms with E-state index in [0.717, 1.165) is 16.8 Å². The zero-order valence-electron chi connectivity index (χ0n) is 13.1. The molecule has 120 valence electrons. The first-order chi connectivity index (χ1) is 10.9. The fourth-order valence-electron chi connectivity index (χ4n) is 2.10. The van der Waals surface area contributed by atoms with Gasteiger partial charge in [-0.2, -0.15) is 0 Å². The predicted octanol–water partition coefficient (Wildman–Crippen LogP) is 4.13. The summed E-state index contributed by atoms with van der Waals surface area (Å²) in [5.74, 6) is 0.553. The summed E-state index contributed by atoms with van der Waals surface area (Å²) in [6.45, 7) is 3.74. The van der Waals surface area contributed by atoms with Crippen LogP contribution in [0.25, 0.3) is 0 Å². The van der Waals surface area contributed by atoms with Crippen molar-refractivity contribution in [3.05, 3.63) is 52.0 Å². The van der Waals surface area contributed by atoms with Gasteiger partial charge in [0.2, 0.25) is 0 Å². The number of hydrogen-bond donors (Lipinski definition) is 2. The standard InChI is InChI=1S/C17H17ClN2O3/c1-10-6-14(23-17(22)19-3)7-11(2)16(10)20-9-12-8-13(18)4-5-15(12)21/h4-9,21H,1-3H3,(H,19,22). The summed E-state index contributed by atoms with van der Waals surface area (Å²) >= 11 is 5.92. The third-order valence-corrected chi connectivity index (χ3v) is 3.44. The molecule has 0 aliphatic carbocycles. The van der Waals surface area contributed by atoms with Crippen LogP contribution in [0.4, 0.5) is 10.5 Å². The Hall–Kier alpha value is -2.53. The third kappa shape index (κ3) is 4.23. The Morgan fingerprint density at radius 2 is 1.91 bits per heavy atom. The molecule has 2 N–H and O–H groups in total. The van der Waals surface area contributed by atoms with E-state index in [1.807, 2.05) is 13.8 Å². The van der Waals surface area contributed by atoms with Gasteiger partial charge in [-0.15, -0.1) is 0 Å². The smallest absolute Gasteiger partial charge is 0.412 e. The monoisotopic (exact) mass is 332 g/mol. The highest BCUT2D eigenvalue weighted by molar-refractivity contribution is 6.30. The highest BCUT2D eigenvalue weighted by Crippen LogP contribution is 2.29. The van der Waals surface area contributed by atoms with Crippen molar-refractivity contribution in [3.63, 3.8) is 0 Å². The lowest BCUT2D eigenvalue weighted by atomic mass is 10.1. The van der Waals surface area contributed by atoms with E-state index in [2.05, 4.69) is 10.3 Å². The summed E-state index contributed by atoms with van der Waals surface area (Å²) in [6, 6.07) is 8.22. The van der Waals surface area contributed by atoms with E-state index in [-0.39, 0.29) is 5.75 Å². The van der Waals surface area contributed by atoms with Crippen LogP contribution in [0.3, 0.4) is 0 Å². The number of carbonyl (C=O) groups is 1. The molecule has 0 spiro atoms. The van der Waals surface area contributed by atoms with Crippen molar-refractivity contribution in [1.82, 2.24) is 5.32 Å². The second-order valence-corrected chi connectivity index (χ2v) is 5.44. The number of carbonyl (C=O) groups excluding carboxylic acids is 1. The lowest BCUT2D eigenvalue weighted by molar-refractivity contribution is 0.203. The van der Waals surface area contributed by atoms with Crippen LogP contribution in [-0.2, 0) is 0 Å². The zero-order valence-corrected chi connectivity index (χ0v) is 13.8. The number of hydrogen-bond acceptors (Lipinski definition) is 4. The average molecular weight is 333 g/mol. The number of amides is 1. The lowest BCUT2D eigenvalue weighted by Crippen LogP contribution is -2.22. The van der Waals surface area contributed by atoms with Crippen molar-refractivity contribution in [2.75, 3.05) is 7.05 Å². The topological polar surface area (TPSA) is 70.9 Å². The molecule has 0 aliphatic heterocycles. The van der Waals surface area contributed by atoms with Crippen molar-refractivity contribution < 1.29 is 14.6 Å². The number of aromatic hydroxyl groups is 1. The number of halogens is 1. The zero-order chi connectivity index (χ0) is 17.0. The van der Waals surface area contributed by atoms with Crippen molar-refractivity contribution in [2.45, 2.75) is 13.8 Å². The Morgan fingerprint density at radius 1 is 1.26 bits per heavy atom. The molecule has 0 heterocycles. The maximum Gasteiger partial charge on any atom is 0.412 e. The minimum Gasteiger partial charge on any atom is -0.507 e. The van der Waals surface area contributed by atoms with E-state index in [1.165, 1.54) is 13.1 Å². The van der Waals surface area contributed by atoms with Gasteiger partial charge in [-0.3, -0.25) is 4.99 Å². The molecule has 0 aromatic heterocycles. The van der Waals surface area contributed by atoms with Crippen LogP contribution in [0.15, 0.2) is 35.3 Å². The van der Waals surface area contributed by atoms with Gasteiger partial charge in [0.25, 0.3) is 0 Å². The SMILES string of the molecule is CNC(=O)Oc1cc(C)c(N=Cc2cc(Cl)ccc2O)c(C)c1. The highest BCUT2D eigenvalue weighted by atomic mass is 35.5. The Labute approximate surface area is 139 Å². The Kier molecular flexibility index (Phi) is 5.24. The first kappa shape index (κ1) is 16.8. The molecular weight excluding hydrogens is 316 g/mol. The number of phenols is 1. The summed E-state index contributed by atoms with van der Waals surface area (Å²) in [5, 5.41) is 12.7. The van der Waals surface area contributed by atoms with E-state index < -0.39 is 6.09 Å². The number of ether oxygens (including phenoxy) is 1.